The van der Waals surface area contributed by atoms with Gasteiger partial charge < -0.3 is 0 Å². The number of anilines is 2. The highest BCUT2D eigenvalue weighted by molar-refractivity contribution is 7.98. The summed E-state index contributed by atoms with van der Waals surface area (Å²) in [7, 11) is 0. The second kappa shape index (κ2) is 6.73. The molecule has 0 bridgehead atoms. The third-order valence-corrected chi connectivity index (χ3v) is 4.94. The van der Waals surface area contributed by atoms with E-state index in [2.05, 4.69) is 64.1 Å². The Kier molecular flexibility index (Phi) is 4.73. The van der Waals surface area contributed by atoms with E-state index >= 15 is 0 Å². The molecule has 0 amide bonds. The van der Waals surface area contributed by atoms with Gasteiger partial charge in [0.1, 0.15) is 0 Å². The van der Waals surface area contributed by atoms with Crippen molar-refractivity contribution in [1.29, 1.82) is 0 Å². The molecule has 2 nitrogen and oxygen atoms in total. The van der Waals surface area contributed by atoms with Gasteiger partial charge in [0, 0.05) is 31.1 Å². The predicted molar refractivity (Wildman–Crippen MR) is 93.1 cm³/mol. The Hall–Kier alpha value is -1.16. The minimum Gasteiger partial charge on any atom is -0.271 e. The Balaban J connectivity index is 1.92. The molecule has 1 heterocycles. The maximum atomic E-state index is 5.84. The largest absolute Gasteiger partial charge is 0.271 e. The van der Waals surface area contributed by atoms with E-state index in [9.17, 15) is 0 Å². The highest BCUT2D eigenvalue weighted by Crippen LogP contribution is 2.41. The molecule has 0 aliphatic carbocycles. The van der Waals surface area contributed by atoms with Crippen LogP contribution < -0.4 is 4.31 Å². The first kappa shape index (κ1) is 14.8. The molecule has 0 spiro atoms. The quantitative estimate of drug-likeness (QED) is 0.569. The van der Waals surface area contributed by atoms with Crippen molar-refractivity contribution in [2.45, 2.75) is 19.9 Å². The third kappa shape index (κ3) is 3.37. The van der Waals surface area contributed by atoms with Crippen molar-refractivity contribution >= 4 is 35.1 Å². The predicted octanol–water partition coefficient (Wildman–Crippen LogP) is 5.14. The standard InChI is InChI=1S/C17H19ClN2S/c1-14-7-9-16(10-8-14)20-17-6-3-2-5-15(17)13-19(21-20)12-4-11-18/h2-3,5-10H,4,11-13H2,1H3. The molecule has 4 heteroatoms. The molecule has 0 unspecified atom stereocenters. The van der Waals surface area contributed by atoms with Crippen molar-refractivity contribution < 1.29 is 0 Å². The van der Waals surface area contributed by atoms with E-state index in [1.54, 1.807) is 12.1 Å². The van der Waals surface area contributed by atoms with Gasteiger partial charge in [0.05, 0.1) is 11.4 Å². The summed E-state index contributed by atoms with van der Waals surface area (Å²) in [6, 6.07) is 17.3. The molecular weight excluding hydrogens is 300 g/mol. The summed E-state index contributed by atoms with van der Waals surface area (Å²) in [4.78, 5) is 0. The van der Waals surface area contributed by atoms with Crippen LogP contribution in [0.25, 0.3) is 0 Å². The van der Waals surface area contributed by atoms with E-state index in [1.807, 2.05) is 0 Å². The molecule has 0 saturated heterocycles. The normalized spacial score (nSPS) is 15.0. The van der Waals surface area contributed by atoms with Crippen molar-refractivity contribution in [1.82, 2.24) is 4.31 Å². The average molecular weight is 319 g/mol. The van der Waals surface area contributed by atoms with Gasteiger partial charge in [-0.15, -0.1) is 11.6 Å². The Bertz CT molecular complexity index is 600. The lowest BCUT2D eigenvalue weighted by molar-refractivity contribution is 0.461. The highest BCUT2D eigenvalue weighted by Gasteiger charge is 2.24. The summed E-state index contributed by atoms with van der Waals surface area (Å²) in [5, 5.41) is 0. The molecule has 1 aliphatic rings. The van der Waals surface area contributed by atoms with E-state index in [4.69, 9.17) is 11.6 Å². The molecule has 110 valence electrons. The fourth-order valence-corrected chi connectivity index (χ4v) is 3.68. The van der Waals surface area contributed by atoms with Gasteiger partial charge in [-0.3, -0.25) is 4.31 Å². The number of halogens is 1. The van der Waals surface area contributed by atoms with Crippen molar-refractivity contribution in [2.24, 2.45) is 0 Å². The number of aryl methyl sites for hydroxylation is 1. The van der Waals surface area contributed by atoms with Gasteiger partial charge in [-0.2, -0.15) is 0 Å². The van der Waals surface area contributed by atoms with Crippen molar-refractivity contribution in [3.05, 3.63) is 59.7 Å². The SMILES string of the molecule is Cc1ccc(N2SN(CCCCl)Cc3ccccc32)cc1. The smallest absolute Gasteiger partial charge is 0.0582 e. The molecule has 0 radical (unpaired) electrons. The fourth-order valence-electron chi connectivity index (χ4n) is 2.44. The molecule has 2 aromatic rings. The molecule has 0 N–H and O–H groups in total. The van der Waals surface area contributed by atoms with E-state index in [0.29, 0.717) is 5.88 Å². The number of rotatable bonds is 4. The number of para-hydroxylation sites is 1. The lowest BCUT2D eigenvalue weighted by Crippen LogP contribution is -2.28. The zero-order valence-corrected chi connectivity index (χ0v) is 13.7. The number of fused-ring (bicyclic) bond motifs is 1. The maximum absolute atomic E-state index is 5.84. The first-order valence-corrected chi connectivity index (χ1v) is 8.48. The second-order valence-corrected chi connectivity index (χ2v) is 6.67. The first-order valence-electron chi connectivity index (χ1n) is 7.21. The molecule has 0 aromatic heterocycles. The van der Waals surface area contributed by atoms with Gasteiger partial charge in [-0.05, 0) is 37.1 Å². The van der Waals surface area contributed by atoms with E-state index in [1.165, 1.54) is 22.5 Å². The zero-order valence-electron chi connectivity index (χ0n) is 12.1. The molecule has 0 saturated carbocycles. The van der Waals surface area contributed by atoms with Gasteiger partial charge in [0.2, 0.25) is 0 Å². The fraction of sp³-hybridized carbons (Fsp3) is 0.294. The number of alkyl halides is 1. The Morgan fingerprint density at radius 2 is 1.86 bits per heavy atom. The summed E-state index contributed by atoms with van der Waals surface area (Å²) in [6.45, 7) is 4.10. The monoisotopic (exact) mass is 318 g/mol. The molecule has 1 aliphatic heterocycles. The van der Waals surface area contributed by atoms with Crippen LogP contribution in [0, 0.1) is 6.92 Å². The molecule has 3 rings (SSSR count). The molecular formula is C17H19ClN2S. The van der Waals surface area contributed by atoms with Crippen LogP contribution in [-0.2, 0) is 6.54 Å². The Morgan fingerprint density at radius 3 is 2.62 bits per heavy atom. The second-order valence-electron chi connectivity index (χ2n) is 5.25. The third-order valence-electron chi connectivity index (χ3n) is 3.56. The average Bonchev–Trinajstić information content (AvgIpc) is 2.53. The van der Waals surface area contributed by atoms with Crippen LogP contribution >= 0.6 is 23.7 Å². The summed E-state index contributed by atoms with van der Waals surface area (Å²) < 4.78 is 4.69. The molecule has 0 atom stereocenters. The van der Waals surface area contributed by atoms with Gasteiger partial charge >= 0.3 is 0 Å². The minimum absolute atomic E-state index is 0.712. The van der Waals surface area contributed by atoms with Crippen LogP contribution in [0.1, 0.15) is 17.5 Å². The Labute approximate surface area is 136 Å². The van der Waals surface area contributed by atoms with E-state index in [0.717, 1.165) is 19.5 Å². The first-order chi connectivity index (χ1) is 10.3. The van der Waals surface area contributed by atoms with Gasteiger partial charge in [0.15, 0.2) is 0 Å². The lowest BCUT2D eigenvalue weighted by atomic mass is 10.1. The van der Waals surface area contributed by atoms with Crippen molar-refractivity contribution in [2.75, 3.05) is 16.7 Å². The van der Waals surface area contributed by atoms with Gasteiger partial charge in [-0.1, -0.05) is 35.9 Å². The number of nitrogens with zero attached hydrogens (tertiary/aromatic N) is 2. The number of hydrogen-bond donors (Lipinski definition) is 0. The molecule has 0 fully saturated rings. The summed E-state index contributed by atoms with van der Waals surface area (Å²) >= 11 is 7.62. The van der Waals surface area contributed by atoms with Gasteiger partial charge in [0.25, 0.3) is 0 Å². The molecule has 21 heavy (non-hydrogen) atoms. The number of hydrogen-bond acceptors (Lipinski definition) is 3. The van der Waals surface area contributed by atoms with E-state index < -0.39 is 0 Å². The van der Waals surface area contributed by atoms with Crippen LogP contribution in [-0.4, -0.2) is 16.7 Å². The van der Waals surface area contributed by atoms with Crippen molar-refractivity contribution in [3.8, 4) is 0 Å². The Morgan fingerprint density at radius 1 is 1.10 bits per heavy atom. The van der Waals surface area contributed by atoms with Crippen LogP contribution in [0.3, 0.4) is 0 Å². The number of benzene rings is 2. The topological polar surface area (TPSA) is 6.48 Å². The summed E-state index contributed by atoms with van der Waals surface area (Å²) in [6.07, 6.45) is 1.01. The molecule has 2 aromatic carbocycles. The van der Waals surface area contributed by atoms with Crippen LogP contribution in [0.5, 0.6) is 0 Å². The van der Waals surface area contributed by atoms with E-state index in [-0.39, 0.29) is 0 Å². The maximum Gasteiger partial charge on any atom is 0.0582 e. The van der Waals surface area contributed by atoms with Crippen LogP contribution in [0.15, 0.2) is 48.5 Å². The van der Waals surface area contributed by atoms with Crippen LogP contribution in [0.2, 0.25) is 0 Å². The van der Waals surface area contributed by atoms with Crippen LogP contribution in [0.4, 0.5) is 11.4 Å². The minimum atomic E-state index is 0.712. The summed E-state index contributed by atoms with van der Waals surface area (Å²) in [5.41, 5.74) is 5.15. The highest BCUT2D eigenvalue weighted by atomic mass is 35.5. The van der Waals surface area contributed by atoms with Gasteiger partial charge in [-0.25, -0.2) is 4.31 Å². The zero-order chi connectivity index (χ0) is 14.7. The summed E-state index contributed by atoms with van der Waals surface area (Å²) in [5.74, 6) is 0.712. The lowest BCUT2D eigenvalue weighted by Gasteiger charge is -2.36. The van der Waals surface area contributed by atoms with Crippen molar-refractivity contribution in [3.63, 3.8) is 0 Å².